The molecule has 0 atom stereocenters. The van der Waals surface area contributed by atoms with Gasteiger partial charge in [0.25, 0.3) is 0 Å². The maximum Gasteiger partial charge on any atom is 0.213 e. The molecule has 0 spiro atoms. The quantitative estimate of drug-likeness (QED) is 0.379. The van der Waals surface area contributed by atoms with Gasteiger partial charge in [0.1, 0.15) is 0 Å². The third kappa shape index (κ3) is 8.69. The predicted octanol–water partition coefficient (Wildman–Crippen LogP) is 0.772. The Bertz CT molecular complexity index is 732. The van der Waals surface area contributed by atoms with Crippen molar-refractivity contribution in [3.05, 3.63) is 35.9 Å². The number of morpholine rings is 1. The fourth-order valence-electron chi connectivity index (χ4n) is 3.05. The van der Waals surface area contributed by atoms with E-state index in [1.807, 2.05) is 37.3 Å². The Morgan fingerprint density at radius 2 is 1.86 bits per heavy atom. The van der Waals surface area contributed by atoms with Crippen molar-refractivity contribution in [1.82, 2.24) is 20.3 Å². The molecule has 0 radical (unpaired) electrons. The monoisotopic (exact) mass is 425 g/mol. The van der Waals surface area contributed by atoms with E-state index in [1.54, 1.807) is 0 Å². The fraction of sp³-hybridized carbons (Fsp3) is 0.650. The van der Waals surface area contributed by atoms with E-state index in [0.29, 0.717) is 25.6 Å². The molecule has 3 N–H and O–H groups in total. The molecule has 0 saturated carbocycles. The van der Waals surface area contributed by atoms with E-state index in [2.05, 4.69) is 39.1 Å². The Labute approximate surface area is 175 Å². The van der Waals surface area contributed by atoms with Crippen molar-refractivity contribution in [3.8, 4) is 0 Å². The minimum absolute atomic E-state index is 0.0168. The van der Waals surface area contributed by atoms with Crippen molar-refractivity contribution < 1.29 is 13.2 Å². The van der Waals surface area contributed by atoms with E-state index >= 15 is 0 Å². The van der Waals surface area contributed by atoms with Crippen LogP contribution >= 0.6 is 0 Å². The van der Waals surface area contributed by atoms with E-state index in [1.165, 1.54) is 0 Å². The second-order valence-corrected chi connectivity index (χ2v) is 9.59. The smallest absolute Gasteiger partial charge is 0.213 e. The zero-order chi connectivity index (χ0) is 21.2. The lowest BCUT2D eigenvalue weighted by Gasteiger charge is -2.39. The third-order valence-corrected chi connectivity index (χ3v) is 6.16. The molecule has 164 valence electrons. The molecule has 0 aliphatic carbocycles. The number of hydrogen-bond donors (Lipinski definition) is 3. The van der Waals surface area contributed by atoms with Gasteiger partial charge in [-0.15, -0.1) is 0 Å². The summed E-state index contributed by atoms with van der Waals surface area (Å²) in [4.78, 5) is 7.05. The van der Waals surface area contributed by atoms with Crippen molar-refractivity contribution in [2.24, 2.45) is 4.99 Å². The average Bonchev–Trinajstić information content (AvgIpc) is 2.72. The molecule has 1 aromatic carbocycles. The number of aliphatic imine (C=N–C) groups is 1. The highest BCUT2D eigenvalue weighted by Crippen LogP contribution is 2.16. The van der Waals surface area contributed by atoms with Gasteiger partial charge in [-0.2, -0.15) is 0 Å². The van der Waals surface area contributed by atoms with Gasteiger partial charge in [-0.05, 0) is 26.3 Å². The summed E-state index contributed by atoms with van der Waals surface area (Å²) in [5.74, 6) is 0.615. The third-order valence-electron chi connectivity index (χ3n) is 4.84. The molecular weight excluding hydrogens is 390 g/mol. The first-order valence-electron chi connectivity index (χ1n) is 10.2. The lowest BCUT2D eigenvalue weighted by molar-refractivity contribution is -0.00683. The number of nitrogens with zero attached hydrogens (tertiary/aromatic N) is 2. The molecule has 1 aromatic rings. The number of benzene rings is 1. The van der Waals surface area contributed by atoms with Gasteiger partial charge in [0, 0.05) is 38.3 Å². The summed E-state index contributed by atoms with van der Waals surface area (Å²) >= 11 is 0. The Kier molecular flexibility index (Phi) is 9.35. The minimum atomic E-state index is -3.37. The highest BCUT2D eigenvalue weighted by atomic mass is 32.2. The van der Waals surface area contributed by atoms with Crippen molar-refractivity contribution in [2.45, 2.75) is 32.9 Å². The summed E-state index contributed by atoms with van der Waals surface area (Å²) in [5, 5.41) is 6.31. The van der Waals surface area contributed by atoms with Gasteiger partial charge in [-0.3, -0.25) is 9.89 Å². The second kappa shape index (κ2) is 11.5. The molecular formula is C20H35N5O3S. The van der Waals surface area contributed by atoms with Crippen molar-refractivity contribution >= 4 is 16.0 Å². The van der Waals surface area contributed by atoms with Crippen LogP contribution in [0.1, 0.15) is 26.3 Å². The highest BCUT2D eigenvalue weighted by molar-refractivity contribution is 7.89. The number of guanidine groups is 1. The Balaban J connectivity index is 1.82. The summed E-state index contributed by atoms with van der Waals surface area (Å²) < 4.78 is 32.5. The molecule has 0 aromatic heterocycles. The molecule has 9 heteroatoms. The largest absolute Gasteiger partial charge is 0.379 e. The molecule has 8 nitrogen and oxygen atoms in total. The number of sulfonamides is 1. The van der Waals surface area contributed by atoms with Gasteiger partial charge in [0.15, 0.2) is 5.96 Å². The molecule has 29 heavy (non-hydrogen) atoms. The van der Waals surface area contributed by atoms with E-state index in [9.17, 15) is 8.42 Å². The second-order valence-electron chi connectivity index (χ2n) is 7.66. The SMILES string of the molecule is CCNC(=NCC(C)(C)N1CCOCC1)NCCS(=O)(=O)NCc1ccccc1. The average molecular weight is 426 g/mol. The Morgan fingerprint density at radius 3 is 2.52 bits per heavy atom. The molecule has 1 saturated heterocycles. The normalized spacial score (nSPS) is 16.6. The molecule has 2 rings (SSSR count). The van der Waals surface area contributed by atoms with Gasteiger partial charge in [-0.25, -0.2) is 13.1 Å². The van der Waals surface area contributed by atoms with Crippen molar-refractivity contribution in [1.29, 1.82) is 0 Å². The molecule has 0 amide bonds. The van der Waals surface area contributed by atoms with Gasteiger partial charge >= 0.3 is 0 Å². The topological polar surface area (TPSA) is 95.1 Å². The maximum absolute atomic E-state index is 12.2. The van der Waals surface area contributed by atoms with E-state index in [-0.39, 0.29) is 17.8 Å². The van der Waals surface area contributed by atoms with Crippen LogP contribution in [0.3, 0.4) is 0 Å². The standard InChI is InChI=1S/C20H35N5O3S/c1-4-21-19(23-17-20(2,3)25-11-13-28-14-12-25)22-10-15-29(26,27)24-16-18-8-6-5-7-9-18/h5-9,24H,4,10-17H2,1-3H3,(H2,21,22,23). The van der Waals surface area contributed by atoms with E-state index in [4.69, 9.17) is 4.74 Å². The maximum atomic E-state index is 12.2. The van der Waals surface area contributed by atoms with Gasteiger partial charge in [0.2, 0.25) is 10.0 Å². The number of nitrogens with one attached hydrogen (secondary N) is 3. The summed E-state index contributed by atoms with van der Waals surface area (Å²) in [7, 11) is -3.37. The van der Waals surface area contributed by atoms with Crippen LogP contribution in [0.4, 0.5) is 0 Å². The zero-order valence-electron chi connectivity index (χ0n) is 17.8. The van der Waals surface area contributed by atoms with Crippen LogP contribution < -0.4 is 15.4 Å². The predicted molar refractivity (Wildman–Crippen MR) is 118 cm³/mol. The summed E-state index contributed by atoms with van der Waals surface area (Å²) in [6.45, 7) is 11.5. The van der Waals surface area contributed by atoms with E-state index in [0.717, 1.165) is 31.9 Å². The zero-order valence-corrected chi connectivity index (χ0v) is 18.6. The van der Waals surface area contributed by atoms with Gasteiger partial charge in [0.05, 0.1) is 25.5 Å². The number of hydrogen-bond acceptors (Lipinski definition) is 5. The van der Waals surface area contributed by atoms with Crippen LogP contribution in [-0.4, -0.2) is 76.5 Å². The number of ether oxygens (including phenoxy) is 1. The number of rotatable bonds is 10. The van der Waals surface area contributed by atoms with Crippen LogP contribution in [0.5, 0.6) is 0 Å². The Morgan fingerprint density at radius 1 is 1.17 bits per heavy atom. The lowest BCUT2D eigenvalue weighted by Crippen LogP contribution is -2.52. The highest BCUT2D eigenvalue weighted by Gasteiger charge is 2.28. The lowest BCUT2D eigenvalue weighted by atomic mass is 10.0. The molecule has 1 aliphatic rings. The Hall–Kier alpha value is -1.68. The summed E-state index contributed by atoms with van der Waals surface area (Å²) in [6.07, 6.45) is 0. The van der Waals surface area contributed by atoms with Gasteiger partial charge in [-0.1, -0.05) is 30.3 Å². The van der Waals surface area contributed by atoms with E-state index < -0.39 is 10.0 Å². The van der Waals surface area contributed by atoms with Crippen molar-refractivity contribution in [2.75, 3.05) is 51.7 Å². The fourth-order valence-corrected chi connectivity index (χ4v) is 3.95. The van der Waals surface area contributed by atoms with Crippen LogP contribution in [0, 0.1) is 0 Å². The molecule has 1 fully saturated rings. The van der Waals surface area contributed by atoms with Crippen LogP contribution in [-0.2, 0) is 21.3 Å². The van der Waals surface area contributed by atoms with Gasteiger partial charge < -0.3 is 15.4 Å². The van der Waals surface area contributed by atoms with Crippen molar-refractivity contribution in [3.63, 3.8) is 0 Å². The first-order chi connectivity index (χ1) is 13.8. The summed E-state index contributed by atoms with van der Waals surface area (Å²) in [6, 6.07) is 9.48. The molecule has 0 bridgehead atoms. The summed E-state index contributed by atoms with van der Waals surface area (Å²) in [5.41, 5.74) is 0.847. The molecule has 0 unspecified atom stereocenters. The first kappa shape index (κ1) is 23.6. The van der Waals surface area contributed by atoms with Crippen LogP contribution in [0.25, 0.3) is 0 Å². The molecule has 1 aliphatic heterocycles. The first-order valence-corrected chi connectivity index (χ1v) is 11.8. The van der Waals surface area contributed by atoms with Crippen LogP contribution in [0.2, 0.25) is 0 Å². The molecule has 1 heterocycles. The minimum Gasteiger partial charge on any atom is -0.379 e. The van der Waals surface area contributed by atoms with Crippen LogP contribution in [0.15, 0.2) is 35.3 Å².